The van der Waals surface area contributed by atoms with Gasteiger partial charge in [0.15, 0.2) is 0 Å². The van der Waals surface area contributed by atoms with Gasteiger partial charge in [-0.05, 0) is 17.8 Å². The van der Waals surface area contributed by atoms with Crippen molar-refractivity contribution in [3.05, 3.63) is 0 Å². The summed E-state index contributed by atoms with van der Waals surface area (Å²) in [5.41, 5.74) is -0.538. The lowest BCUT2D eigenvalue weighted by Gasteiger charge is -2.32. The maximum absolute atomic E-state index is 10.8. The fourth-order valence-electron chi connectivity index (χ4n) is 2.30. The molecule has 0 aromatic carbocycles. The number of rotatable bonds is 2. The molecule has 1 aliphatic carbocycles. The molecule has 0 saturated heterocycles. The molecule has 1 saturated carbocycles. The van der Waals surface area contributed by atoms with Crippen LogP contribution in [0.4, 0.5) is 0 Å². The van der Waals surface area contributed by atoms with Gasteiger partial charge < -0.3 is 19.8 Å². The monoisotopic (exact) mass is 198 g/mol. The van der Waals surface area contributed by atoms with E-state index in [0.717, 1.165) is 0 Å². The van der Waals surface area contributed by atoms with Crippen LogP contribution in [0.25, 0.3) is 0 Å². The Balaban J connectivity index is 2.96. The first-order valence-electron chi connectivity index (χ1n) is 4.70. The van der Waals surface area contributed by atoms with Crippen molar-refractivity contribution >= 4 is 11.9 Å². The van der Waals surface area contributed by atoms with E-state index in [1.807, 2.05) is 0 Å². The van der Waals surface area contributed by atoms with E-state index in [4.69, 9.17) is 0 Å². The van der Waals surface area contributed by atoms with Crippen LogP contribution in [0.3, 0.4) is 0 Å². The van der Waals surface area contributed by atoms with E-state index in [2.05, 4.69) is 0 Å². The zero-order valence-corrected chi connectivity index (χ0v) is 8.57. The number of carboxylic acids is 2. The maximum atomic E-state index is 10.8. The Kier molecular flexibility index (Phi) is 2.56. The Morgan fingerprint density at radius 2 is 1.71 bits per heavy atom. The first-order chi connectivity index (χ1) is 6.28. The highest BCUT2D eigenvalue weighted by Crippen LogP contribution is 2.50. The minimum atomic E-state index is -1.16. The van der Waals surface area contributed by atoms with Crippen molar-refractivity contribution in [3.63, 3.8) is 0 Å². The summed E-state index contributed by atoms with van der Waals surface area (Å²) in [6.45, 7) is 5.28. The molecular weight excluding hydrogens is 184 g/mol. The maximum Gasteiger partial charge on any atom is 0.0450 e. The Labute approximate surface area is 82.9 Å². The molecule has 0 N–H and O–H groups in total. The lowest BCUT2D eigenvalue weighted by Crippen LogP contribution is -2.39. The summed E-state index contributed by atoms with van der Waals surface area (Å²) in [5, 5.41) is 21.5. The third kappa shape index (κ3) is 1.49. The highest BCUT2D eigenvalue weighted by atomic mass is 16.4. The second-order valence-corrected chi connectivity index (χ2v) is 4.64. The summed E-state index contributed by atoms with van der Waals surface area (Å²) in [7, 11) is 0. The van der Waals surface area contributed by atoms with Gasteiger partial charge in [-0.3, -0.25) is 0 Å². The molecule has 1 rings (SSSR count). The fraction of sp³-hybridized carbons (Fsp3) is 0.800. The van der Waals surface area contributed by atoms with Crippen LogP contribution in [0.15, 0.2) is 0 Å². The lowest BCUT2D eigenvalue weighted by atomic mass is 9.75. The van der Waals surface area contributed by atoms with Crippen LogP contribution in [-0.2, 0) is 9.59 Å². The second-order valence-electron chi connectivity index (χ2n) is 4.64. The first kappa shape index (κ1) is 11.0. The molecule has 4 heteroatoms. The van der Waals surface area contributed by atoms with E-state index in [1.165, 1.54) is 0 Å². The zero-order valence-electron chi connectivity index (χ0n) is 8.57. The molecule has 0 amide bonds. The highest BCUT2D eigenvalue weighted by Gasteiger charge is 2.47. The quantitative estimate of drug-likeness (QED) is 0.557. The molecule has 0 heterocycles. The molecule has 14 heavy (non-hydrogen) atoms. The van der Waals surface area contributed by atoms with Crippen LogP contribution in [0.1, 0.15) is 27.2 Å². The predicted octanol–water partition coefficient (Wildman–Crippen LogP) is -1.22. The molecule has 3 atom stereocenters. The predicted molar refractivity (Wildman–Crippen MR) is 44.6 cm³/mol. The molecule has 0 aromatic heterocycles. The number of hydrogen-bond acceptors (Lipinski definition) is 4. The average molecular weight is 198 g/mol. The fourth-order valence-corrected chi connectivity index (χ4v) is 2.30. The second kappa shape index (κ2) is 3.26. The normalized spacial score (nSPS) is 35.5. The number of carbonyl (C=O) groups excluding carboxylic acids is 2. The third-order valence-electron chi connectivity index (χ3n) is 3.75. The molecule has 1 aliphatic rings. The highest BCUT2D eigenvalue weighted by molar-refractivity contribution is 5.74. The van der Waals surface area contributed by atoms with Crippen molar-refractivity contribution in [1.29, 1.82) is 0 Å². The van der Waals surface area contributed by atoms with E-state index < -0.39 is 29.2 Å². The lowest BCUT2D eigenvalue weighted by molar-refractivity contribution is -0.314. The average Bonchev–Trinajstić information content (AvgIpc) is 2.24. The third-order valence-corrected chi connectivity index (χ3v) is 3.75. The minimum absolute atomic E-state index is 0.124. The standard InChI is InChI=1S/C10H16O4/c1-5-6(8(11)12)4-7(9(13)14)10(5,2)3/h5-7H,4H2,1-3H3,(H,11,12)(H,13,14)/p-2/t5-,6+,7-/m1/s1. The van der Waals surface area contributed by atoms with Crippen molar-refractivity contribution in [2.24, 2.45) is 23.2 Å². The Bertz CT molecular complexity index is 269. The van der Waals surface area contributed by atoms with E-state index >= 15 is 0 Å². The Hall–Kier alpha value is -1.06. The van der Waals surface area contributed by atoms with Gasteiger partial charge in [-0.1, -0.05) is 20.8 Å². The van der Waals surface area contributed by atoms with E-state index in [9.17, 15) is 19.8 Å². The van der Waals surface area contributed by atoms with Crippen molar-refractivity contribution in [3.8, 4) is 0 Å². The van der Waals surface area contributed by atoms with Gasteiger partial charge in [-0.2, -0.15) is 0 Å². The molecule has 1 fully saturated rings. The summed E-state index contributed by atoms with van der Waals surface area (Å²) in [6, 6.07) is 0. The van der Waals surface area contributed by atoms with Crippen molar-refractivity contribution in [1.82, 2.24) is 0 Å². The minimum Gasteiger partial charge on any atom is -0.550 e. The van der Waals surface area contributed by atoms with Crippen LogP contribution in [-0.4, -0.2) is 11.9 Å². The van der Waals surface area contributed by atoms with Crippen LogP contribution in [0, 0.1) is 23.2 Å². The molecule has 80 valence electrons. The molecule has 0 unspecified atom stereocenters. The molecular formula is C10H14O4-2. The summed E-state index contributed by atoms with van der Waals surface area (Å²) < 4.78 is 0. The van der Waals surface area contributed by atoms with Crippen molar-refractivity contribution < 1.29 is 19.8 Å². The van der Waals surface area contributed by atoms with E-state index in [-0.39, 0.29) is 12.3 Å². The van der Waals surface area contributed by atoms with Crippen molar-refractivity contribution in [2.75, 3.05) is 0 Å². The molecule has 0 radical (unpaired) electrons. The largest absolute Gasteiger partial charge is 0.550 e. The van der Waals surface area contributed by atoms with Crippen LogP contribution in [0.5, 0.6) is 0 Å². The molecule has 0 aromatic rings. The SMILES string of the molecule is C[C@@H]1[C@@H](C(=O)[O-])C[C@H](C(=O)[O-])C1(C)C. The van der Waals surface area contributed by atoms with Gasteiger partial charge in [-0.25, -0.2) is 0 Å². The Morgan fingerprint density at radius 3 is 1.93 bits per heavy atom. The topological polar surface area (TPSA) is 80.3 Å². The van der Waals surface area contributed by atoms with Gasteiger partial charge >= 0.3 is 0 Å². The smallest absolute Gasteiger partial charge is 0.0450 e. The van der Waals surface area contributed by atoms with Gasteiger partial charge in [0.05, 0.1) is 0 Å². The number of aliphatic carboxylic acids is 2. The summed E-state index contributed by atoms with van der Waals surface area (Å²) in [4.78, 5) is 21.5. The molecule has 0 bridgehead atoms. The molecule has 0 spiro atoms. The van der Waals surface area contributed by atoms with Crippen LogP contribution in [0.2, 0.25) is 0 Å². The molecule has 0 aliphatic heterocycles. The number of carbonyl (C=O) groups is 2. The van der Waals surface area contributed by atoms with E-state index in [0.29, 0.717) is 0 Å². The van der Waals surface area contributed by atoms with Crippen molar-refractivity contribution in [2.45, 2.75) is 27.2 Å². The first-order valence-corrected chi connectivity index (χ1v) is 4.70. The van der Waals surface area contributed by atoms with Gasteiger partial charge in [-0.15, -0.1) is 0 Å². The van der Waals surface area contributed by atoms with Crippen LogP contribution < -0.4 is 10.2 Å². The Morgan fingerprint density at radius 1 is 1.21 bits per heavy atom. The number of hydrogen-bond donors (Lipinski definition) is 0. The molecule has 4 nitrogen and oxygen atoms in total. The summed E-state index contributed by atoms with van der Waals surface area (Å²) >= 11 is 0. The van der Waals surface area contributed by atoms with E-state index in [1.54, 1.807) is 20.8 Å². The van der Waals surface area contributed by atoms with Gasteiger partial charge in [0, 0.05) is 23.8 Å². The zero-order chi connectivity index (χ0) is 11.1. The van der Waals surface area contributed by atoms with Gasteiger partial charge in [0.2, 0.25) is 0 Å². The number of carboxylic acid groups (broad SMARTS) is 2. The van der Waals surface area contributed by atoms with Gasteiger partial charge in [0.1, 0.15) is 0 Å². The summed E-state index contributed by atoms with van der Waals surface area (Å²) in [5.74, 6) is -3.89. The summed E-state index contributed by atoms with van der Waals surface area (Å²) in [6.07, 6.45) is 0.124. The van der Waals surface area contributed by atoms with Crippen LogP contribution >= 0.6 is 0 Å². The van der Waals surface area contributed by atoms with Gasteiger partial charge in [0.25, 0.3) is 0 Å².